The van der Waals surface area contributed by atoms with Gasteiger partial charge in [0.2, 0.25) is 0 Å². The van der Waals surface area contributed by atoms with Crippen LogP contribution in [0, 0.1) is 10.1 Å². The van der Waals surface area contributed by atoms with Gasteiger partial charge in [-0.2, -0.15) is 0 Å². The second-order valence-electron chi connectivity index (χ2n) is 5.07. The maximum absolute atomic E-state index is 10.9. The summed E-state index contributed by atoms with van der Waals surface area (Å²) in [6.45, 7) is 5.67. The molecule has 0 radical (unpaired) electrons. The Hall–Kier alpha value is -3.42. The molecule has 2 aromatic rings. The van der Waals surface area contributed by atoms with Crippen LogP contribution >= 0.6 is 0 Å². The van der Waals surface area contributed by atoms with Gasteiger partial charge in [-0.05, 0) is 32.0 Å². The van der Waals surface area contributed by atoms with E-state index in [1.807, 2.05) is 30.9 Å². The molecule has 0 aromatic heterocycles. The van der Waals surface area contributed by atoms with Crippen LogP contribution in [0.3, 0.4) is 0 Å². The number of hydrogen-bond donors (Lipinski definition) is 2. The third-order valence-electron chi connectivity index (χ3n) is 3.57. The fourth-order valence-corrected chi connectivity index (χ4v) is 2.31. The summed E-state index contributed by atoms with van der Waals surface area (Å²) in [7, 11) is 0. The van der Waals surface area contributed by atoms with Gasteiger partial charge >= 0.3 is 11.9 Å². The summed E-state index contributed by atoms with van der Waals surface area (Å²) >= 11 is 0. The molecule has 8 heteroatoms. The number of nitro benzene ring substituents is 1. The minimum Gasteiger partial charge on any atom is -0.478 e. The van der Waals surface area contributed by atoms with Gasteiger partial charge in [-0.3, -0.25) is 10.1 Å². The number of para-hydroxylation sites is 2. The van der Waals surface area contributed by atoms with E-state index >= 15 is 0 Å². The number of carboxylic acids is 2. The van der Waals surface area contributed by atoms with Crippen molar-refractivity contribution in [3.63, 3.8) is 0 Å². The van der Waals surface area contributed by atoms with E-state index in [9.17, 15) is 19.7 Å². The van der Waals surface area contributed by atoms with Gasteiger partial charge in [0.05, 0.1) is 16.2 Å². The highest BCUT2D eigenvalue weighted by Crippen LogP contribution is 2.19. The summed E-state index contributed by atoms with van der Waals surface area (Å²) in [5.41, 5.74) is 0.494. The highest BCUT2D eigenvalue weighted by Gasteiger charge is 2.17. The number of nitrogens with zero attached hydrogens (tertiary/aromatic N) is 2. The Morgan fingerprint density at radius 3 is 1.81 bits per heavy atom. The molecular formula is C18H20N2O6. The Kier molecular flexibility index (Phi) is 7.75. The average Bonchev–Trinajstić information content (AvgIpc) is 2.63. The first kappa shape index (κ1) is 20.6. The lowest BCUT2D eigenvalue weighted by Crippen LogP contribution is -2.24. The van der Waals surface area contributed by atoms with Crippen LogP contribution in [0.1, 0.15) is 34.6 Å². The van der Waals surface area contributed by atoms with E-state index < -0.39 is 16.9 Å². The number of rotatable bonds is 6. The first-order valence-corrected chi connectivity index (χ1v) is 7.87. The lowest BCUT2D eigenvalue weighted by atomic mass is 10.1. The summed E-state index contributed by atoms with van der Waals surface area (Å²) in [5.74, 6) is -2.16. The molecule has 0 amide bonds. The van der Waals surface area contributed by atoms with Gasteiger partial charge in [0.15, 0.2) is 0 Å². The second-order valence-corrected chi connectivity index (χ2v) is 5.07. The van der Waals surface area contributed by atoms with Gasteiger partial charge in [0.25, 0.3) is 5.69 Å². The zero-order chi connectivity index (χ0) is 19.7. The van der Waals surface area contributed by atoms with Crippen molar-refractivity contribution in [3.05, 3.63) is 69.8 Å². The predicted molar refractivity (Wildman–Crippen MR) is 97.0 cm³/mol. The highest BCUT2D eigenvalue weighted by molar-refractivity contribution is 5.94. The molecule has 0 saturated heterocycles. The van der Waals surface area contributed by atoms with E-state index in [0.29, 0.717) is 5.56 Å². The van der Waals surface area contributed by atoms with E-state index in [4.69, 9.17) is 10.2 Å². The van der Waals surface area contributed by atoms with Gasteiger partial charge in [-0.1, -0.05) is 24.3 Å². The lowest BCUT2D eigenvalue weighted by Gasteiger charge is -2.22. The number of carbonyl (C=O) groups is 2. The van der Waals surface area contributed by atoms with Crippen molar-refractivity contribution in [1.82, 2.24) is 0 Å². The van der Waals surface area contributed by atoms with Crippen LogP contribution < -0.4 is 4.90 Å². The molecular weight excluding hydrogens is 340 g/mol. The molecule has 0 spiro atoms. The topological polar surface area (TPSA) is 121 Å². The molecule has 0 bridgehead atoms. The van der Waals surface area contributed by atoms with Crippen molar-refractivity contribution >= 4 is 23.3 Å². The Balaban J connectivity index is 0.000000263. The van der Waals surface area contributed by atoms with Crippen molar-refractivity contribution in [3.8, 4) is 0 Å². The summed E-state index contributed by atoms with van der Waals surface area (Å²) in [6, 6.07) is 12.3. The molecule has 2 N–H and O–H groups in total. The third kappa shape index (κ3) is 5.30. The molecule has 0 saturated carbocycles. The fraction of sp³-hybridized carbons (Fsp3) is 0.222. The SMILES string of the molecule is CCN(CC)c1ccccc1C(=O)O.O=C(O)c1ccccc1[N+](=O)[O-]. The molecule has 2 rings (SSSR count). The number of benzene rings is 2. The van der Waals surface area contributed by atoms with Gasteiger partial charge in [0.1, 0.15) is 5.56 Å². The van der Waals surface area contributed by atoms with E-state index in [-0.39, 0.29) is 11.3 Å². The fourth-order valence-electron chi connectivity index (χ4n) is 2.31. The quantitative estimate of drug-likeness (QED) is 0.597. The molecule has 8 nitrogen and oxygen atoms in total. The highest BCUT2D eigenvalue weighted by atomic mass is 16.6. The zero-order valence-electron chi connectivity index (χ0n) is 14.5. The lowest BCUT2D eigenvalue weighted by molar-refractivity contribution is -0.385. The molecule has 138 valence electrons. The predicted octanol–water partition coefficient (Wildman–Crippen LogP) is 3.52. The third-order valence-corrected chi connectivity index (χ3v) is 3.57. The number of anilines is 1. The molecule has 0 atom stereocenters. The van der Waals surface area contributed by atoms with Crippen molar-refractivity contribution in [1.29, 1.82) is 0 Å². The molecule has 0 aliphatic carbocycles. The summed E-state index contributed by atoms with van der Waals surface area (Å²) in [4.78, 5) is 32.9. The second kappa shape index (κ2) is 9.77. The van der Waals surface area contributed by atoms with Crippen LogP contribution in [-0.2, 0) is 0 Å². The molecule has 0 heterocycles. The Labute approximate surface area is 150 Å². The van der Waals surface area contributed by atoms with Crippen LogP contribution in [-0.4, -0.2) is 40.2 Å². The van der Waals surface area contributed by atoms with Gasteiger partial charge < -0.3 is 15.1 Å². The van der Waals surface area contributed by atoms with Crippen LogP contribution in [0.4, 0.5) is 11.4 Å². The summed E-state index contributed by atoms with van der Waals surface area (Å²) in [6.07, 6.45) is 0. The van der Waals surface area contributed by atoms with Crippen LogP contribution in [0.25, 0.3) is 0 Å². The first-order chi connectivity index (χ1) is 12.3. The Morgan fingerprint density at radius 2 is 1.38 bits per heavy atom. The van der Waals surface area contributed by atoms with Gasteiger partial charge in [0, 0.05) is 19.2 Å². The molecule has 0 aliphatic rings. The van der Waals surface area contributed by atoms with Gasteiger partial charge in [-0.25, -0.2) is 9.59 Å². The maximum Gasteiger partial charge on any atom is 0.342 e. The monoisotopic (exact) mass is 360 g/mol. The van der Waals surface area contributed by atoms with Gasteiger partial charge in [-0.15, -0.1) is 0 Å². The van der Waals surface area contributed by atoms with Crippen molar-refractivity contribution in [2.45, 2.75) is 13.8 Å². The minimum absolute atomic E-state index is 0.289. The number of hydrogen-bond acceptors (Lipinski definition) is 5. The summed E-state index contributed by atoms with van der Waals surface area (Å²) < 4.78 is 0. The number of carboxylic acid groups (broad SMARTS) is 2. The van der Waals surface area contributed by atoms with Crippen molar-refractivity contribution in [2.24, 2.45) is 0 Å². The first-order valence-electron chi connectivity index (χ1n) is 7.87. The smallest absolute Gasteiger partial charge is 0.342 e. The molecule has 2 aromatic carbocycles. The van der Waals surface area contributed by atoms with Crippen LogP contribution in [0.15, 0.2) is 48.5 Å². The molecule has 0 fully saturated rings. The van der Waals surface area contributed by atoms with E-state index in [1.54, 1.807) is 12.1 Å². The number of nitro groups is 1. The Morgan fingerprint density at radius 1 is 0.923 bits per heavy atom. The largest absolute Gasteiger partial charge is 0.478 e. The normalized spacial score (nSPS) is 9.62. The maximum atomic E-state index is 10.9. The van der Waals surface area contributed by atoms with Crippen molar-refractivity contribution < 1.29 is 24.7 Å². The molecule has 0 unspecified atom stereocenters. The van der Waals surface area contributed by atoms with E-state index in [2.05, 4.69) is 0 Å². The summed E-state index contributed by atoms with van der Waals surface area (Å²) in [5, 5.41) is 27.8. The van der Waals surface area contributed by atoms with E-state index in [0.717, 1.165) is 24.8 Å². The molecule has 26 heavy (non-hydrogen) atoms. The van der Waals surface area contributed by atoms with Crippen LogP contribution in [0.5, 0.6) is 0 Å². The Bertz CT molecular complexity index is 754. The minimum atomic E-state index is -1.29. The van der Waals surface area contributed by atoms with Crippen LogP contribution in [0.2, 0.25) is 0 Å². The number of aromatic carboxylic acids is 2. The zero-order valence-corrected chi connectivity index (χ0v) is 14.5. The van der Waals surface area contributed by atoms with E-state index in [1.165, 1.54) is 18.2 Å². The standard InChI is InChI=1S/C11H15NO2.C7H5NO4/c1-3-12(4-2)10-8-6-5-7-9(10)11(13)14;9-7(10)5-3-1-2-4-6(5)8(11)12/h5-8H,3-4H2,1-2H3,(H,13,14);1-4H,(H,9,10). The average molecular weight is 360 g/mol. The van der Waals surface area contributed by atoms with Crippen molar-refractivity contribution in [2.75, 3.05) is 18.0 Å². The molecule has 0 aliphatic heterocycles.